The van der Waals surface area contributed by atoms with Gasteiger partial charge in [0, 0.05) is 23.2 Å². The third-order valence-corrected chi connectivity index (χ3v) is 5.52. The SMILES string of the molecule is C=C1C(=O)N(c2cc(C)c(C)c(OC)c2)[C@H]1c1ccc(C)c(OCCCCl)c1. The van der Waals surface area contributed by atoms with Crippen molar-refractivity contribution in [3.8, 4) is 11.5 Å². The number of aryl methyl sites for hydroxylation is 2. The minimum absolute atomic E-state index is 0.0690. The molecule has 5 heteroatoms. The van der Waals surface area contributed by atoms with Gasteiger partial charge >= 0.3 is 0 Å². The number of benzene rings is 2. The maximum Gasteiger partial charge on any atom is 0.256 e. The zero-order valence-electron chi connectivity index (χ0n) is 16.8. The van der Waals surface area contributed by atoms with Crippen LogP contribution in [0, 0.1) is 20.8 Å². The lowest BCUT2D eigenvalue weighted by Crippen LogP contribution is -2.48. The highest BCUT2D eigenvalue weighted by Crippen LogP contribution is 2.44. The molecule has 4 nitrogen and oxygen atoms in total. The van der Waals surface area contributed by atoms with Crippen LogP contribution < -0.4 is 14.4 Å². The highest BCUT2D eigenvalue weighted by molar-refractivity contribution is 6.17. The predicted molar refractivity (Wildman–Crippen MR) is 114 cm³/mol. The molecule has 0 aromatic heterocycles. The number of methoxy groups -OCH3 is 1. The van der Waals surface area contributed by atoms with Crippen LogP contribution in [0.15, 0.2) is 42.5 Å². The number of ether oxygens (including phenoxy) is 2. The van der Waals surface area contributed by atoms with Crippen molar-refractivity contribution in [2.45, 2.75) is 33.2 Å². The topological polar surface area (TPSA) is 38.8 Å². The Kier molecular flexibility index (Phi) is 5.99. The van der Waals surface area contributed by atoms with Crippen LogP contribution in [0.3, 0.4) is 0 Å². The molecule has 1 aliphatic heterocycles. The van der Waals surface area contributed by atoms with Crippen LogP contribution in [-0.2, 0) is 4.79 Å². The summed E-state index contributed by atoms with van der Waals surface area (Å²) in [7, 11) is 1.64. The zero-order valence-corrected chi connectivity index (χ0v) is 17.6. The second-order valence-electron chi connectivity index (χ2n) is 7.11. The molecule has 2 aromatic carbocycles. The fourth-order valence-corrected chi connectivity index (χ4v) is 3.54. The van der Waals surface area contributed by atoms with Crippen LogP contribution in [0.25, 0.3) is 0 Å². The highest BCUT2D eigenvalue weighted by atomic mass is 35.5. The Bertz CT molecular complexity index is 922. The first-order chi connectivity index (χ1) is 13.4. The fourth-order valence-electron chi connectivity index (χ4n) is 3.43. The van der Waals surface area contributed by atoms with Gasteiger partial charge in [0.2, 0.25) is 0 Å². The normalized spacial score (nSPS) is 16.2. The molecule has 0 bridgehead atoms. The number of alkyl halides is 1. The van der Waals surface area contributed by atoms with Gasteiger partial charge in [-0.3, -0.25) is 9.69 Å². The molecule has 1 amide bonds. The monoisotopic (exact) mass is 399 g/mol. The van der Waals surface area contributed by atoms with E-state index >= 15 is 0 Å². The van der Waals surface area contributed by atoms with Crippen molar-refractivity contribution < 1.29 is 14.3 Å². The Hall–Kier alpha value is -2.46. The molecular formula is C23H26ClNO3. The molecular weight excluding hydrogens is 374 g/mol. The van der Waals surface area contributed by atoms with Crippen LogP contribution >= 0.6 is 11.6 Å². The van der Waals surface area contributed by atoms with E-state index in [0.717, 1.165) is 45.9 Å². The minimum atomic E-state index is -0.213. The summed E-state index contributed by atoms with van der Waals surface area (Å²) in [5, 5.41) is 0. The van der Waals surface area contributed by atoms with E-state index in [2.05, 4.69) is 6.58 Å². The van der Waals surface area contributed by atoms with Gasteiger partial charge in [-0.25, -0.2) is 0 Å². The molecule has 0 N–H and O–H groups in total. The summed E-state index contributed by atoms with van der Waals surface area (Å²) in [5.74, 6) is 2.08. The number of nitrogens with zero attached hydrogens (tertiary/aromatic N) is 1. The van der Waals surface area contributed by atoms with Gasteiger partial charge in [-0.15, -0.1) is 11.6 Å². The van der Waals surface area contributed by atoms with Gasteiger partial charge in [-0.05, 0) is 61.6 Å². The van der Waals surface area contributed by atoms with Crippen LogP contribution in [0.5, 0.6) is 11.5 Å². The van der Waals surface area contributed by atoms with Gasteiger partial charge in [-0.1, -0.05) is 18.7 Å². The number of β-lactam (4-membered cyclic amide) rings is 1. The number of anilines is 1. The van der Waals surface area contributed by atoms with Crippen LogP contribution in [0.4, 0.5) is 5.69 Å². The van der Waals surface area contributed by atoms with Crippen molar-refractivity contribution in [1.82, 2.24) is 0 Å². The molecule has 0 aliphatic carbocycles. The molecule has 1 aliphatic rings. The molecule has 1 atom stereocenters. The molecule has 0 saturated carbocycles. The number of rotatable bonds is 7. The Labute approximate surface area is 171 Å². The average Bonchev–Trinajstić information content (AvgIpc) is 2.69. The van der Waals surface area contributed by atoms with E-state index < -0.39 is 0 Å². The van der Waals surface area contributed by atoms with Crippen molar-refractivity contribution in [2.75, 3.05) is 24.5 Å². The van der Waals surface area contributed by atoms with Gasteiger partial charge in [-0.2, -0.15) is 0 Å². The lowest BCUT2D eigenvalue weighted by molar-refractivity contribution is -0.118. The van der Waals surface area contributed by atoms with Crippen molar-refractivity contribution in [3.05, 3.63) is 64.7 Å². The number of hydrogen-bond donors (Lipinski definition) is 0. The first-order valence-electron chi connectivity index (χ1n) is 9.36. The molecule has 0 radical (unpaired) electrons. The van der Waals surface area contributed by atoms with Crippen LogP contribution in [0.2, 0.25) is 0 Å². The van der Waals surface area contributed by atoms with E-state index in [0.29, 0.717) is 18.1 Å². The Balaban J connectivity index is 1.96. The molecule has 148 valence electrons. The molecule has 1 fully saturated rings. The van der Waals surface area contributed by atoms with Gasteiger partial charge in [0.15, 0.2) is 0 Å². The van der Waals surface area contributed by atoms with Gasteiger partial charge in [0.1, 0.15) is 11.5 Å². The third kappa shape index (κ3) is 3.61. The maximum atomic E-state index is 12.6. The standard InChI is InChI=1S/C23H26ClNO3/c1-14-7-8-18(12-20(14)28-10-6-9-24)22-17(4)23(26)25(22)19-11-15(2)16(3)21(13-19)27-5/h7-8,11-13,22H,4,6,9-10H2,1-3,5H3/t22-/m1/s1. The van der Waals surface area contributed by atoms with Crippen LogP contribution in [-0.4, -0.2) is 25.5 Å². The lowest BCUT2D eigenvalue weighted by Gasteiger charge is -2.43. The first kappa shape index (κ1) is 20.3. The first-order valence-corrected chi connectivity index (χ1v) is 9.89. The van der Waals surface area contributed by atoms with E-state index in [1.54, 1.807) is 12.0 Å². The number of hydrogen-bond acceptors (Lipinski definition) is 3. The van der Waals surface area contributed by atoms with Crippen molar-refractivity contribution >= 4 is 23.2 Å². The van der Waals surface area contributed by atoms with E-state index in [1.807, 2.05) is 51.1 Å². The van der Waals surface area contributed by atoms with Gasteiger partial charge < -0.3 is 9.47 Å². The Morgan fingerprint density at radius 2 is 1.86 bits per heavy atom. The lowest BCUT2D eigenvalue weighted by atomic mass is 9.87. The zero-order chi connectivity index (χ0) is 20.4. The second kappa shape index (κ2) is 8.27. The smallest absolute Gasteiger partial charge is 0.256 e. The summed E-state index contributed by atoms with van der Waals surface area (Å²) < 4.78 is 11.4. The maximum absolute atomic E-state index is 12.6. The van der Waals surface area contributed by atoms with Crippen LogP contribution in [0.1, 0.15) is 34.7 Å². The molecule has 3 rings (SSSR count). The van der Waals surface area contributed by atoms with E-state index in [9.17, 15) is 4.79 Å². The highest BCUT2D eigenvalue weighted by Gasteiger charge is 2.43. The molecule has 1 saturated heterocycles. The molecule has 1 heterocycles. The van der Waals surface area contributed by atoms with Crippen molar-refractivity contribution in [3.63, 3.8) is 0 Å². The Morgan fingerprint density at radius 1 is 1.11 bits per heavy atom. The Morgan fingerprint density at radius 3 is 2.54 bits per heavy atom. The van der Waals surface area contributed by atoms with Crippen molar-refractivity contribution in [2.24, 2.45) is 0 Å². The summed E-state index contributed by atoms with van der Waals surface area (Å²) in [6, 6.07) is 9.75. The van der Waals surface area contributed by atoms with Crippen molar-refractivity contribution in [1.29, 1.82) is 0 Å². The van der Waals surface area contributed by atoms with Gasteiger partial charge in [0.05, 0.1) is 19.8 Å². The average molecular weight is 400 g/mol. The summed E-state index contributed by atoms with van der Waals surface area (Å²) in [4.78, 5) is 14.4. The fraction of sp³-hybridized carbons (Fsp3) is 0.348. The van der Waals surface area contributed by atoms with E-state index in [-0.39, 0.29) is 11.9 Å². The minimum Gasteiger partial charge on any atom is -0.496 e. The molecule has 0 spiro atoms. The molecule has 0 unspecified atom stereocenters. The van der Waals surface area contributed by atoms with Gasteiger partial charge in [0.25, 0.3) is 5.91 Å². The number of carbonyl (C=O) groups excluding carboxylic acids is 1. The molecule has 28 heavy (non-hydrogen) atoms. The second-order valence-corrected chi connectivity index (χ2v) is 7.49. The number of amides is 1. The largest absolute Gasteiger partial charge is 0.496 e. The van der Waals surface area contributed by atoms with E-state index in [1.165, 1.54) is 0 Å². The quantitative estimate of drug-likeness (QED) is 0.275. The summed E-state index contributed by atoms with van der Waals surface area (Å²) in [6.07, 6.45) is 0.786. The third-order valence-electron chi connectivity index (χ3n) is 5.25. The van der Waals surface area contributed by atoms with E-state index in [4.69, 9.17) is 21.1 Å². The molecule has 2 aromatic rings. The number of carbonyl (C=O) groups is 1. The predicted octanol–water partition coefficient (Wildman–Crippen LogP) is 5.27. The number of halogens is 1. The summed E-state index contributed by atoms with van der Waals surface area (Å²) >= 11 is 5.75. The summed E-state index contributed by atoms with van der Waals surface area (Å²) in [6.45, 7) is 10.6. The summed E-state index contributed by atoms with van der Waals surface area (Å²) in [5.41, 5.74) is 5.56.